The topological polar surface area (TPSA) is 46.2 Å². The molecule has 0 aromatic heterocycles. The molecule has 0 heterocycles. The maximum atomic E-state index is 8.80. The van der Waals surface area contributed by atoms with E-state index in [0.29, 0.717) is 0 Å². The van der Waals surface area contributed by atoms with Crippen molar-refractivity contribution >= 4 is 0 Å². The highest BCUT2D eigenvalue weighted by Gasteiger charge is 1.95. The number of hydrogen-bond acceptors (Lipinski definition) is 2. The zero-order chi connectivity index (χ0) is 6.69. The summed E-state index contributed by atoms with van der Waals surface area (Å²) in [6, 6.07) is 9.12. The summed E-state index contributed by atoms with van der Waals surface area (Å²) in [6.45, 7) is 0. The van der Waals surface area contributed by atoms with Crippen molar-refractivity contribution in [2.75, 3.05) is 0 Å². The number of benzene rings is 1. The summed E-state index contributed by atoms with van der Waals surface area (Å²) in [5.74, 6) is 0. The van der Waals surface area contributed by atoms with Crippen LogP contribution >= 0.6 is 0 Å². The Labute approximate surface area is 53.9 Å². The van der Waals surface area contributed by atoms with Crippen molar-refractivity contribution < 1.29 is 5.11 Å². The fourth-order valence-corrected chi connectivity index (χ4v) is 0.650. The molecule has 0 saturated carbocycles. The minimum Gasteiger partial charge on any atom is -0.375 e. The lowest BCUT2D eigenvalue weighted by Gasteiger charge is -2.01. The zero-order valence-corrected chi connectivity index (χ0v) is 4.99. The van der Waals surface area contributed by atoms with E-state index < -0.39 is 6.23 Å². The average Bonchev–Trinajstić information content (AvgIpc) is 1.90. The van der Waals surface area contributed by atoms with Crippen molar-refractivity contribution in [3.8, 4) is 0 Å². The molecule has 1 aromatic rings. The van der Waals surface area contributed by atoms with Crippen LogP contribution in [-0.2, 0) is 0 Å². The van der Waals surface area contributed by atoms with E-state index in [-0.39, 0.29) is 0 Å². The van der Waals surface area contributed by atoms with Crippen LogP contribution in [0.5, 0.6) is 0 Å². The summed E-state index contributed by atoms with van der Waals surface area (Å²) in [5.41, 5.74) is 5.92. The lowest BCUT2D eigenvalue weighted by molar-refractivity contribution is 0.186. The van der Waals surface area contributed by atoms with Gasteiger partial charge in [-0.25, -0.2) is 0 Å². The van der Waals surface area contributed by atoms with Crippen molar-refractivity contribution in [3.63, 3.8) is 0 Å². The van der Waals surface area contributed by atoms with Crippen LogP contribution < -0.4 is 5.73 Å². The van der Waals surface area contributed by atoms with Crippen LogP contribution in [0.1, 0.15) is 11.8 Å². The van der Waals surface area contributed by atoms with Crippen molar-refractivity contribution in [2.45, 2.75) is 6.23 Å². The molecule has 0 aliphatic carbocycles. The Bertz CT molecular complexity index is 172. The monoisotopic (exact) mass is 123 g/mol. The Hall–Kier alpha value is -0.860. The molecule has 1 rings (SSSR count). The van der Waals surface area contributed by atoms with Gasteiger partial charge in [-0.05, 0) is 5.56 Å². The molecule has 0 bridgehead atoms. The number of aliphatic hydroxyl groups excluding tert-OH is 1. The quantitative estimate of drug-likeness (QED) is 0.538. The van der Waals surface area contributed by atoms with Gasteiger partial charge in [0.1, 0.15) is 6.23 Å². The number of rotatable bonds is 1. The molecular weight excluding hydrogens is 114 g/mol. The molecule has 0 saturated heterocycles. The molecule has 0 radical (unpaired) electrons. The van der Waals surface area contributed by atoms with E-state index in [1.54, 1.807) is 12.1 Å². The SMILES string of the molecule is N[C@@H](O)c1ccccc1. The Morgan fingerprint density at radius 3 is 2.11 bits per heavy atom. The average molecular weight is 123 g/mol. The van der Waals surface area contributed by atoms with Crippen molar-refractivity contribution in [1.29, 1.82) is 0 Å². The third-order valence-electron chi connectivity index (χ3n) is 1.14. The molecule has 0 aliphatic heterocycles. The third-order valence-corrected chi connectivity index (χ3v) is 1.14. The maximum absolute atomic E-state index is 8.80. The van der Waals surface area contributed by atoms with E-state index in [1.807, 2.05) is 18.2 Å². The standard InChI is InChI=1S/C7H9NO/c8-7(9)6-4-2-1-3-5-6/h1-5,7,9H,8H2/t7-/m0/s1. The van der Waals surface area contributed by atoms with Gasteiger partial charge in [0.05, 0.1) is 0 Å². The molecule has 2 heteroatoms. The van der Waals surface area contributed by atoms with Crippen LogP contribution in [-0.4, -0.2) is 5.11 Å². The smallest absolute Gasteiger partial charge is 0.128 e. The predicted molar refractivity (Wildman–Crippen MR) is 35.6 cm³/mol. The molecule has 3 N–H and O–H groups in total. The van der Waals surface area contributed by atoms with Gasteiger partial charge in [0.25, 0.3) is 0 Å². The normalized spacial score (nSPS) is 13.1. The summed E-state index contributed by atoms with van der Waals surface area (Å²) in [5, 5.41) is 8.80. The summed E-state index contributed by atoms with van der Waals surface area (Å²) in [7, 11) is 0. The molecule has 9 heavy (non-hydrogen) atoms. The van der Waals surface area contributed by atoms with E-state index in [1.165, 1.54) is 0 Å². The van der Waals surface area contributed by atoms with Gasteiger partial charge in [-0.15, -0.1) is 0 Å². The fraction of sp³-hybridized carbons (Fsp3) is 0.143. The summed E-state index contributed by atoms with van der Waals surface area (Å²) in [6.07, 6.45) is -0.841. The Morgan fingerprint density at radius 2 is 1.78 bits per heavy atom. The minimum absolute atomic E-state index is 0.748. The lowest BCUT2D eigenvalue weighted by Crippen LogP contribution is -2.07. The van der Waals surface area contributed by atoms with Gasteiger partial charge in [0, 0.05) is 0 Å². The maximum Gasteiger partial charge on any atom is 0.128 e. The minimum atomic E-state index is -0.841. The highest BCUT2D eigenvalue weighted by Crippen LogP contribution is 2.04. The number of nitrogens with two attached hydrogens (primary N) is 1. The second kappa shape index (κ2) is 2.62. The fourth-order valence-electron chi connectivity index (χ4n) is 0.650. The first kappa shape index (κ1) is 6.26. The molecular formula is C7H9NO. The van der Waals surface area contributed by atoms with E-state index in [2.05, 4.69) is 0 Å². The van der Waals surface area contributed by atoms with Gasteiger partial charge in [-0.2, -0.15) is 0 Å². The van der Waals surface area contributed by atoms with E-state index >= 15 is 0 Å². The van der Waals surface area contributed by atoms with Gasteiger partial charge < -0.3 is 10.8 Å². The van der Waals surface area contributed by atoms with Gasteiger partial charge in [0.2, 0.25) is 0 Å². The Balaban J connectivity index is 2.85. The van der Waals surface area contributed by atoms with E-state index in [9.17, 15) is 0 Å². The van der Waals surface area contributed by atoms with Crippen LogP contribution in [0.4, 0.5) is 0 Å². The van der Waals surface area contributed by atoms with Crippen LogP contribution in [0, 0.1) is 0 Å². The predicted octanol–water partition coefficient (Wildman–Crippen LogP) is 0.636. The molecule has 0 spiro atoms. The summed E-state index contributed by atoms with van der Waals surface area (Å²) in [4.78, 5) is 0. The third kappa shape index (κ3) is 1.52. The molecule has 2 nitrogen and oxygen atoms in total. The molecule has 0 aliphatic rings. The first-order valence-corrected chi connectivity index (χ1v) is 2.79. The zero-order valence-electron chi connectivity index (χ0n) is 4.99. The van der Waals surface area contributed by atoms with Crippen LogP contribution in [0.3, 0.4) is 0 Å². The molecule has 0 fully saturated rings. The summed E-state index contributed by atoms with van der Waals surface area (Å²) < 4.78 is 0. The van der Waals surface area contributed by atoms with Crippen molar-refractivity contribution in [2.24, 2.45) is 5.73 Å². The summed E-state index contributed by atoms with van der Waals surface area (Å²) >= 11 is 0. The highest BCUT2D eigenvalue weighted by molar-refractivity contribution is 5.15. The van der Waals surface area contributed by atoms with Crippen LogP contribution in [0.15, 0.2) is 30.3 Å². The first-order valence-electron chi connectivity index (χ1n) is 2.79. The van der Waals surface area contributed by atoms with E-state index in [4.69, 9.17) is 10.8 Å². The first-order chi connectivity index (χ1) is 4.30. The second-order valence-corrected chi connectivity index (χ2v) is 1.86. The molecule has 0 amide bonds. The lowest BCUT2D eigenvalue weighted by atomic mass is 10.2. The highest BCUT2D eigenvalue weighted by atomic mass is 16.3. The van der Waals surface area contributed by atoms with E-state index in [0.717, 1.165) is 5.56 Å². The Kier molecular flexibility index (Phi) is 1.82. The van der Waals surface area contributed by atoms with Gasteiger partial charge in [-0.1, -0.05) is 30.3 Å². The van der Waals surface area contributed by atoms with Gasteiger partial charge >= 0.3 is 0 Å². The molecule has 1 atom stereocenters. The van der Waals surface area contributed by atoms with Gasteiger partial charge in [-0.3, -0.25) is 0 Å². The Morgan fingerprint density at radius 1 is 1.22 bits per heavy atom. The van der Waals surface area contributed by atoms with Crippen LogP contribution in [0.25, 0.3) is 0 Å². The number of aliphatic hydroxyl groups is 1. The molecule has 48 valence electrons. The number of hydrogen-bond donors (Lipinski definition) is 2. The van der Waals surface area contributed by atoms with Gasteiger partial charge in [0.15, 0.2) is 0 Å². The molecule has 1 aromatic carbocycles. The van der Waals surface area contributed by atoms with Crippen LogP contribution in [0.2, 0.25) is 0 Å². The van der Waals surface area contributed by atoms with Crippen molar-refractivity contribution in [1.82, 2.24) is 0 Å². The molecule has 0 unspecified atom stereocenters. The largest absolute Gasteiger partial charge is 0.375 e. The second-order valence-electron chi connectivity index (χ2n) is 1.86. The van der Waals surface area contributed by atoms with Crippen molar-refractivity contribution in [3.05, 3.63) is 35.9 Å².